The van der Waals surface area contributed by atoms with Crippen LogP contribution in [0.4, 0.5) is 22.0 Å². The van der Waals surface area contributed by atoms with Gasteiger partial charge >= 0.3 is 6.18 Å². The van der Waals surface area contributed by atoms with Crippen LogP contribution in [0, 0.1) is 0 Å². The molecule has 0 fully saturated rings. The number of rotatable bonds is 3. The van der Waals surface area contributed by atoms with Crippen molar-refractivity contribution in [3.63, 3.8) is 0 Å². The molecule has 0 saturated carbocycles. The number of hydrogen-bond acceptors (Lipinski definition) is 1. The van der Waals surface area contributed by atoms with Crippen molar-refractivity contribution in [3.05, 3.63) is 34.9 Å². The van der Waals surface area contributed by atoms with E-state index in [-0.39, 0.29) is 0 Å². The zero-order valence-corrected chi connectivity index (χ0v) is 9.82. The average molecular weight is 287 g/mol. The maximum Gasteiger partial charge on any atom is 0.417 e. The van der Waals surface area contributed by atoms with E-state index in [0.29, 0.717) is 6.07 Å². The summed E-state index contributed by atoms with van der Waals surface area (Å²) in [5.41, 5.74) is -3.40. The highest BCUT2D eigenvalue weighted by atomic mass is 35.5. The van der Waals surface area contributed by atoms with Gasteiger partial charge in [-0.2, -0.15) is 13.2 Å². The number of Topliss-reactive ketones (excluding diaryl/α,β-unsaturated/α-hetero) is 1. The largest absolute Gasteiger partial charge is 0.417 e. The van der Waals surface area contributed by atoms with E-state index in [9.17, 15) is 26.7 Å². The average Bonchev–Trinajstić information content (AvgIpc) is 2.25. The molecule has 0 amide bonds. The van der Waals surface area contributed by atoms with Crippen molar-refractivity contribution in [2.75, 3.05) is 0 Å². The minimum absolute atomic E-state index is 0.582. The molecule has 0 N–H and O–H groups in total. The summed E-state index contributed by atoms with van der Waals surface area (Å²) in [6.07, 6.45) is -8.07. The highest BCUT2D eigenvalue weighted by Gasteiger charge is 2.38. The third-order valence-corrected chi connectivity index (χ3v) is 2.44. The van der Waals surface area contributed by atoms with Crippen LogP contribution in [0.3, 0.4) is 0 Å². The Balaban J connectivity index is 3.54. The van der Waals surface area contributed by atoms with Crippen LogP contribution in [-0.4, -0.2) is 11.2 Å². The molecule has 0 heterocycles. The van der Waals surface area contributed by atoms with E-state index < -0.39 is 40.5 Å². The van der Waals surface area contributed by atoms with E-state index in [4.69, 9.17) is 11.6 Å². The molecule has 0 aromatic heterocycles. The lowest BCUT2D eigenvalue weighted by Gasteiger charge is -2.16. The number of carbonyl (C=O) groups excluding carboxylic acids is 1. The van der Waals surface area contributed by atoms with Gasteiger partial charge in [0.25, 0.3) is 6.43 Å². The molecule has 0 radical (unpaired) electrons. The summed E-state index contributed by atoms with van der Waals surface area (Å²) >= 11 is 5.40. The molecule has 100 valence electrons. The predicted molar refractivity (Wildman–Crippen MR) is 56.0 cm³/mol. The van der Waals surface area contributed by atoms with Crippen LogP contribution in [-0.2, 0) is 6.18 Å². The molecular weight excluding hydrogens is 279 g/mol. The molecule has 18 heavy (non-hydrogen) atoms. The Bertz CT molecular complexity index is 453. The molecule has 0 aliphatic heterocycles. The Kier molecular flexibility index (Phi) is 4.32. The van der Waals surface area contributed by atoms with Crippen LogP contribution < -0.4 is 0 Å². The van der Waals surface area contributed by atoms with Crippen molar-refractivity contribution in [1.29, 1.82) is 0 Å². The van der Waals surface area contributed by atoms with Crippen LogP contribution in [0.25, 0.3) is 0 Å². The van der Waals surface area contributed by atoms with Crippen LogP contribution in [0.5, 0.6) is 0 Å². The number of alkyl halides is 6. The van der Waals surface area contributed by atoms with Crippen molar-refractivity contribution >= 4 is 17.4 Å². The van der Waals surface area contributed by atoms with Crippen molar-refractivity contribution in [1.82, 2.24) is 0 Å². The van der Waals surface area contributed by atoms with Gasteiger partial charge in [0, 0.05) is 11.1 Å². The molecule has 1 aromatic rings. The predicted octanol–water partition coefficient (Wildman–Crippen LogP) is 4.45. The second kappa shape index (κ2) is 5.22. The Morgan fingerprint density at radius 2 is 1.83 bits per heavy atom. The summed E-state index contributed by atoms with van der Waals surface area (Å²) in [6.45, 7) is 1.13. The van der Waals surface area contributed by atoms with Gasteiger partial charge in [-0.15, -0.1) is 11.6 Å². The Morgan fingerprint density at radius 1 is 1.28 bits per heavy atom. The van der Waals surface area contributed by atoms with Crippen molar-refractivity contribution in [3.8, 4) is 0 Å². The first-order valence-corrected chi connectivity index (χ1v) is 5.26. The van der Waals surface area contributed by atoms with Gasteiger partial charge in [0.05, 0.1) is 10.9 Å². The Labute approximate surface area is 105 Å². The second-order valence-electron chi connectivity index (χ2n) is 3.55. The van der Waals surface area contributed by atoms with E-state index in [0.717, 1.165) is 19.1 Å². The van der Waals surface area contributed by atoms with Gasteiger partial charge in [0.2, 0.25) is 0 Å². The van der Waals surface area contributed by atoms with Crippen LogP contribution >= 0.6 is 11.6 Å². The van der Waals surface area contributed by atoms with Gasteiger partial charge in [-0.1, -0.05) is 12.1 Å². The quantitative estimate of drug-likeness (QED) is 0.456. The number of hydrogen-bond donors (Lipinski definition) is 0. The molecule has 0 aliphatic rings. The number of carbonyl (C=O) groups is 1. The van der Waals surface area contributed by atoms with E-state index >= 15 is 0 Å². The smallest absolute Gasteiger partial charge is 0.292 e. The van der Waals surface area contributed by atoms with Gasteiger partial charge in [0.15, 0.2) is 5.78 Å². The molecule has 7 heteroatoms. The Morgan fingerprint density at radius 3 is 2.22 bits per heavy atom. The lowest BCUT2D eigenvalue weighted by atomic mass is 9.95. The number of ketones is 1. The molecule has 0 saturated heterocycles. The third kappa shape index (κ3) is 2.98. The fraction of sp³-hybridized carbons (Fsp3) is 0.364. The number of halogens is 6. The normalized spacial score (nSPS) is 13.8. The monoisotopic (exact) mass is 286 g/mol. The third-order valence-electron chi connectivity index (χ3n) is 2.24. The van der Waals surface area contributed by atoms with Crippen LogP contribution in [0.1, 0.15) is 34.8 Å². The van der Waals surface area contributed by atoms with Crippen molar-refractivity contribution in [2.45, 2.75) is 24.9 Å². The van der Waals surface area contributed by atoms with Crippen molar-refractivity contribution < 1.29 is 26.7 Å². The zero-order chi connectivity index (χ0) is 14.1. The first-order valence-electron chi connectivity index (χ1n) is 4.82. The summed E-state index contributed by atoms with van der Waals surface area (Å²) in [6, 6.07) is 2.20. The van der Waals surface area contributed by atoms with E-state index in [2.05, 4.69) is 0 Å². The maximum atomic E-state index is 12.7. The minimum Gasteiger partial charge on any atom is -0.292 e. The van der Waals surface area contributed by atoms with E-state index in [1.54, 1.807) is 0 Å². The molecule has 1 nitrogen and oxygen atoms in total. The maximum absolute atomic E-state index is 12.7. The van der Waals surface area contributed by atoms with Crippen LogP contribution in [0.15, 0.2) is 18.2 Å². The highest BCUT2D eigenvalue weighted by molar-refractivity contribution is 6.34. The lowest BCUT2D eigenvalue weighted by molar-refractivity contribution is -0.138. The van der Waals surface area contributed by atoms with Gasteiger partial charge < -0.3 is 0 Å². The molecule has 0 bridgehead atoms. The summed E-state index contributed by atoms with van der Waals surface area (Å²) in [5, 5.41) is -1.31. The SMILES string of the molecule is CC(Cl)C(=O)c1c(C(F)F)cccc1C(F)(F)F. The molecule has 1 atom stereocenters. The zero-order valence-electron chi connectivity index (χ0n) is 9.06. The van der Waals surface area contributed by atoms with Gasteiger partial charge in [-0.3, -0.25) is 4.79 Å². The molecule has 1 rings (SSSR count). The van der Waals surface area contributed by atoms with Crippen molar-refractivity contribution in [2.24, 2.45) is 0 Å². The summed E-state index contributed by atoms with van der Waals surface area (Å²) in [4.78, 5) is 11.6. The molecule has 0 spiro atoms. The first-order chi connectivity index (χ1) is 8.16. The summed E-state index contributed by atoms with van der Waals surface area (Å²) < 4.78 is 63.3. The van der Waals surface area contributed by atoms with Gasteiger partial charge in [0.1, 0.15) is 0 Å². The topological polar surface area (TPSA) is 17.1 Å². The fourth-order valence-electron chi connectivity index (χ4n) is 1.46. The first kappa shape index (κ1) is 14.9. The van der Waals surface area contributed by atoms with E-state index in [1.165, 1.54) is 0 Å². The second-order valence-corrected chi connectivity index (χ2v) is 4.20. The van der Waals surface area contributed by atoms with Crippen LogP contribution in [0.2, 0.25) is 0 Å². The summed E-state index contributed by atoms with van der Waals surface area (Å²) in [7, 11) is 0. The minimum atomic E-state index is -4.89. The van der Waals surface area contributed by atoms with Gasteiger partial charge in [-0.25, -0.2) is 8.78 Å². The lowest BCUT2D eigenvalue weighted by Crippen LogP contribution is -2.20. The van der Waals surface area contributed by atoms with E-state index in [1.807, 2.05) is 0 Å². The molecule has 1 aromatic carbocycles. The highest BCUT2D eigenvalue weighted by Crippen LogP contribution is 2.37. The van der Waals surface area contributed by atoms with Gasteiger partial charge in [-0.05, 0) is 13.0 Å². The molecule has 1 unspecified atom stereocenters. The molecular formula is C11H8ClF5O. The summed E-state index contributed by atoms with van der Waals surface area (Å²) in [5.74, 6) is -1.17. The fourth-order valence-corrected chi connectivity index (χ4v) is 1.57. The molecule has 0 aliphatic carbocycles. The standard InChI is InChI=1S/C11H8ClF5O/c1-5(12)9(18)8-6(10(13)14)3-2-4-7(8)11(15,16)17/h2-5,10H,1H3. The Hall–Kier alpha value is -1.17. The number of benzene rings is 1.